The van der Waals surface area contributed by atoms with Crippen LogP contribution in [0, 0.1) is 11.3 Å². The summed E-state index contributed by atoms with van der Waals surface area (Å²) in [6.45, 7) is 2.01. The smallest absolute Gasteiger partial charge is 0.226 e. The first-order valence-electron chi connectivity index (χ1n) is 6.49. The molecule has 2 N–H and O–H groups in total. The van der Waals surface area contributed by atoms with Crippen molar-refractivity contribution in [3.8, 4) is 11.8 Å². The lowest BCUT2D eigenvalue weighted by Crippen LogP contribution is -2.43. The number of hydrogen-bond acceptors (Lipinski definition) is 5. The van der Waals surface area contributed by atoms with Crippen LogP contribution in [0.15, 0.2) is 24.3 Å². The molecule has 0 spiro atoms. The zero-order valence-corrected chi connectivity index (χ0v) is 11.1. The van der Waals surface area contributed by atoms with Crippen LogP contribution in [-0.4, -0.2) is 38.3 Å². The van der Waals surface area contributed by atoms with Crippen molar-refractivity contribution in [2.24, 2.45) is 0 Å². The monoisotopic (exact) mass is 275 g/mol. The van der Waals surface area contributed by atoms with E-state index in [1.807, 2.05) is 6.07 Å². The molecule has 1 aliphatic heterocycles. The van der Waals surface area contributed by atoms with Gasteiger partial charge in [0, 0.05) is 30.8 Å². The van der Waals surface area contributed by atoms with E-state index in [4.69, 9.17) is 14.7 Å². The Labute approximate surface area is 117 Å². The predicted molar refractivity (Wildman–Crippen MR) is 73.4 cm³/mol. The van der Waals surface area contributed by atoms with Crippen molar-refractivity contribution < 1.29 is 14.3 Å². The van der Waals surface area contributed by atoms with E-state index in [2.05, 4.69) is 10.6 Å². The Bertz CT molecular complexity index is 493. The number of rotatable bonds is 5. The lowest BCUT2D eigenvalue weighted by atomic mass is 10.2. The number of hydrogen-bond donors (Lipinski definition) is 2. The SMILES string of the molecule is N#CCOc1cccc(NC(=O)CC2COCCN2)c1. The number of ether oxygens (including phenoxy) is 2. The van der Waals surface area contributed by atoms with Crippen LogP contribution in [0.3, 0.4) is 0 Å². The maximum absolute atomic E-state index is 11.9. The van der Waals surface area contributed by atoms with Gasteiger partial charge in [0.15, 0.2) is 6.61 Å². The Morgan fingerprint density at radius 3 is 3.25 bits per heavy atom. The summed E-state index contributed by atoms with van der Waals surface area (Å²) in [4.78, 5) is 11.9. The van der Waals surface area contributed by atoms with Gasteiger partial charge in [-0.05, 0) is 12.1 Å². The van der Waals surface area contributed by atoms with Crippen molar-refractivity contribution in [2.45, 2.75) is 12.5 Å². The minimum atomic E-state index is -0.0783. The zero-order chi connectivity index (χ0) is 14.2. The Kier molecular flexibility index (Phi) is 5.35. The molecule has 1 saturated heterocycles. The van der Waals surface area contributed by atoms with Crippen molar-refractivity contribution in [3.05, 3.63) is 24.3 Å². The average Bonchev–Trinajstić information content (AvgIpc) is 2.46. The van der Waals surface area contributed by atoms with Crippen molar-refractivity contribution >= 4 is 11.6 Å². The normalized spacial score (nSPS) is 18.1. The van der Waals surface area contributed by atoms with E-state index in [0.29, 0.717) is 31.1 Å². The number of anilines is 1. The summed E-state index contributed by atoms with van der Waals surface area (Å²) in [5.74, 6) is 0.480. The third-order valence-electron chi connectivity index (χ3n) is 2.85. The van der Waals surface area contributed by atoms with Gasteiger partial charge in [0.1, 0.15) is 11.8 Å². The minimum Gasteiger partial charge on any atom is -0.479 e. The van der Waals surface area contributed by atoms with Crippen LogP contribution in [-0.2, 0) is 9.53 Å². The van der Waals surface area contributed by atoms with E-state index in [1.165, 1.54) is 0 Å². The second-order valence-electron chi connectivity index (χ2n) is 4.45. The van der Waals surface area contributed by atoms with E-state index in [0.717, 1.165) is 6.54 Å². The molecule has 2 rings (SSSR count). The number of nitriles is 1. The van der Waals surface area contributed by atoms with Gasteiger partial charge >= 0.3 is 0 Å². The van der Waals surface area contributed by atoms with Gasteiger partial charge in [-0.1, -0.05) is 6.07 Å². The van der Waals surface area contributed by atoms with Gasteiger partial charge in [0.2, 0.25) is 5.91 Å². The molecule has 1 aromatic rings. The van der Waals surface area contributed by atoms with Gasteiger partial charge < -0.3 is 20.1 Å². The summed E-state index contributed by atoms with van der Waals surface area (Å²) in [5.41, 5.74) is 0.655. The van der Waals surface area contributed by atoms with Crippen LogP contribution < -0.4 is 15.4 Å². The van der Waals surface area contributed by atoms with Crippen molar-refractivity contribution in [1.82, 2.24) is 5.32 Å². The van der Waals surface area contributed by atoms with E-state index in [-0.39, 0.29) is 18.6 Å². The van der Waals surface area contributed by atoms with Gasteiger partial charge in [0.25, 0.3) is 0 Å². The largest absolute Gasteiger partial charge is 0.479 e. The van der Waals surface area contributed by atoms with E-state index < -0.39 is 0 Å². The number of carbonyl (C=O) groups excluding carboxylic acids is 1. The standard InChI is InChI=1S/C14H17N3O3/c15-4-6-20-13-3-1-2-11(8-13)17-14(18)9-12-10-19-7-5-16-12/h1-3,8,12,16H,5-7,9-10H2,(H,17,18). The minimum absolute atomic E-state index is 0.0132. The fourth-order valence-electron chi connectivity index (χ4n) is 1.97. The summed E-state index contributed by atoms with van der Waals surface area (Å²) in [6, 6.07) is 8.94. The first-order chi connectivity index (χ1) is 9.78. The molecule has 0 aliphatic carbocycles. The molecule has 0 radical (unpaired) electrons. The molecule has 0 bridgehead atoms. The highest BCUT2D eigenvalue weighted by Gasteiger charge is 2.16. The van der Waals surface area contributed by atoms with Gasteiger partial charge in [-0.25, -0.2) is 0 Å². The number of carbonyl (C=O) groups is 1. The molecule has 1 aliphatic rings. The summed E-state index contributed by atoms with van der Waals surface area (Å²) in [6.07, 6.45) is 0.364. The van der Waals surface area contributed by atoms with Crippen molar-refractivity contribution in [3.63, 3.8) is 0 Å². The zero-order valence-electron chi connectivity index (χ0n) is 11.1. The number of morpholine rings is 1. The molecule has 20 heavy (non-hydrogen) atoms. The number of nitrogens with zero attached hydrogens (tertiary/aromatic N) is 1. The number of benzene rings is 1. The highest BCUT2D eigenvalue weighted by Crippen LogP contribution is 2.17. The van der Waals surface area contributed by atoms with Crippen LogP contribution in [0.2, 0.25) is 0 Å². The van der Waals surface area contributed by atoms with Crippen molar-refractivity contribution in [1.29, 1.82) is 5.26 Å². The van der Waals surface area contributed by atoms with Crippen LogP contribution in [0.1, 0.15) is 6.42 Å². The number of amides is 1. The fourth-order valence-corrected chi connectivity index (χ4v) is 1.97. The maximum Gasteiger partial charge on any atom is 0.226 e. The molecule has 6 nitrogen and oxygen atoms in total. The molecule has 1 aromatic carbocycles. The van der Waals surface area contributed by atoms with Crippen LogP contribution in [0.25, 0.3) is 0 Å². The Balaban J connectivity index is 1.85. The molecule has 0 aromatic heterocycles. The highest BCUT2D eigenvalue weighted by atomic mass is 16.5. The fraction of sp³-hybridized carbons (Fsp3) is 0.429. The molecule has 6 heteroatoms. The van der Waals surface area contributed by atoms with E-state index >= 15 is 0 Å². The van der Waals surface area contributed by atoms with Crippen molar-refractivity contribution in [2.75, 3.05) is 31.7 Å². The summed E-state index contributed by atoms with van der Waals surface area (Å²) in [5, 5.41) is 14.5. The molecule has 0 saturated carbocycles. The number of nitrogens with one attached hydrogen (secondary N) is 2. The Morgan fingerprint density at radius 1 is 1.60 bits per heavy atom. The lowest BCUT2D eigenvalue weighted by molar-refractivity contribution is -0.117. The molecular formula is C14H17N3O3. The van der Waals surface area contributed by atoms with Crippen LogP contribution >= 0.6 is 0 Å². The van der Waals surface area contributed by atoms with E-state index in [9.17, 15) is 4.79 Å². The average molecular weight is 275 g/mol. The molecule has 1 unspecified atom stereocenters. The topological polar surface area (TPSA) is 83.4 Å². The first-order valence-corrected chi connectivity index (χ1v) is 6.49. The quantitative estimate of drug-likeness (QED) is 0.834. The molecule has 1 fully saturated rings. The summed E-state index contributed by atoms with van der Waals surface area (Å²) >= 11 is 0. The van der Waals surface area contributed by atoms with Gasteiger partial charge in [-0.3, -0.25) is 4.79 Å². The molecular weight excluding hydrogens is 258 g/mol. The Hall–Kier alpha value is -2.10. The van der Waals surface area contributed by atoms with E-state index in [1.54, 1.807) is 24.3 Å². The highest BCUT2D eigenvalue weighted by molar-refractivity contribution is 5.91. The molecule has 1 amide bonds. The predicted octanol–water partition coefficient (Wildman–Crippen LogP) is 0.906. The lowest BCUT2D eigenvalue weighted by Gasteiger charge is -2.23. The third-order valence-corrected chi connectivity index (χ3v) is 2.85. The summed E-state index contributed by atoms with van der Waals surface area (Å²) in [7, 11) is 0. The molecule has 106 valence electrons. The maximum atomic E-state index is 11.9. The second-order valence-corrected chi connectivity index (χ2v) is 4.45. The summed E-state index contributed by atoms with van der Waals surface area (Å²) < 4.78 is 10.5. The Morgan fingerprint density at radius 2 is 2.50 bits per heavy atom. The van der Waals surface area contributed by atoms with Gasteiger partial charge in [-0.15, -0.1) is 0 Å². The van der Waals surface area contributed by atoms with Crippen LogP contribution in [0.5, 0.6) is 5.75 Å². The second kappa shape index (κ2) is 7.48. The molecule has 1 heterocycles. The first kappa shape index (κ1) is 14.3. The van der Waals surface area contributed by atoms with Gasteiger partial charge in [-0.2, -0.15) is 5.26 Å². The third kappa shape index (κ3) is 4.53. The molecule has 1 atom stereocenters. The van der Waals surface area contributed by atoms with Crippen LogP contribution in [0.4, 0.5) is 5.69 Å². The van der Waals surface area contributed by atoms with Gasteiger partial charge in [0.05, 0.1) is 13.2 Å².